The SMILES string of the molecule is CC#CC#Cc1ccc(N(c2ccc(C)cc2)c2ccc(-c3ccnc(C)c3)cc2)cc1.[HH].[HH].[HH].[HH].[HH]. The molecule has 0 aliphatic carbocycles. The number of benzene rings is 3. The average molecular weight is 423 g/mol. The zero-order valence-corrected chi connectivity index (χ0v) is 18.6. The molecule has 0 saturated carbocycles. The van der Waals surface area contributed by atoms with E-state index in [9.17, 15) is 0 Å². The highest BCUT2D eigenvalue weighted by Gasteiger charge is 2.12. The van der Waals surface area contributed by atoms with E-state index in [0.29, 0.717) is 0 Å². The number of aromatic nitrogens is 1. The third kappa shape index (κ3) is 4.89. The molecule has 1 aromatic heterocycles. The lowest BCUT2D eigenvalue weighted by Crippen LogP contribution is -2.09. The minimum absolute atomic E-state index is 0. The van der Waals surface area contributed by atoms with E-state index in [1.807, 2.05) is 31.3 Å². The Morgan fingerprint density at radius 3 is 1.88 bits per heavy atom. The first-order valence-corrected chi connectivity index (χ1v) is 10.6. The number of hydrogen-bond acceptors (Lipinski definition) is 2. The van der Waals surface area contributed by atoms with Crippen LogP contribution in [0.3, 0.4) is 0 Å². The van der Waals surface area contributed by atoms with E-state index in [1.165, 1.54) is 16.7 Å². The van der Waals surface area contributed by atoms with Crippen molar-refractivity contribution < 1.29 is 7.13 Å². The number of pyridine rings is 1. The molecule has 2 nitrogen and oxygen atoms in total. The van der Waals surface area contributed by atoms with Gasteiger partial charge < -0.3 is 4.90 Å². The van der Waals surface area contributed by atoms with Crippen molar-refractivity contribution >= 4 is 17.1 Å². The maximum Gasteiger partial charge on any atom is 0.0462 e. The molecular weight excluding hydrogens is 388 g/mol. The standard InChI is InChI=1S/C30H24N2.5H2/c1-4-5-6-7-25-10-16-29(17-11-25)32(28-14-8-23(2)9-15-28)30-18-12-26(13-19-30)27-20-21-31-24(3)22-27;;;;;/h8-22H,1-3H3;5*1H. The molecule has 0 aliphatic heterocycles. The van der Waals surface area contributed by atoms with Crippen molar-refractivity contribution in [3.63, 3.8) is 0 Å². The monoisotopic (exact) mass is 422 g/mol. The Kier molecular flexibility index (Phi) is 6.35. The summed E-state index contributed by atoms with van der Waals surface area (Å²) >= 11 is 0. The Balaban J connectivity index is 0. The first-order valence-electron chi connectivity index (χ1n) is 10.6. The Labute approximate surface area is 198 Å². The van der Waals surface area contributed by atoms with Crippen LogP contribution in [-0.2, 0) is 0 Å². The van der Waals surface area contributed by atoms with Crippen LogP contribution in [0, 0.1) is 37.5 Å². The number of nitrogens with zero attached hydrogens (tertiary/aromatic N) is 2. The third-order valence-electron chi connectivity index (χ3n) is 5.17. The van der Waals surface area contributed by atoms with Gasteiger partial charge in [-0.15, -0.1) is 0 Å². The van der Waals surface area contributed by atoms with E-state index in [1.54, 1.807) is 6.92 Å². The summed E-state index contributed by atoms with van der Waals surface area (Å²) in [7, 11) is 0. The fraction of sp³-hybridized carbons (Fsp3) is 0.100. The molecule has 0 saturated heterocycles. The number of rotatable bonds is 4. The van der Waals surface area contributed by atoms with Gasteiger partial charge in [-0.25, -0.2) is 0 Å². The molecule has 1 heterocycles. The van der Waals surface area contributed by atoms with Crippen molar-refractivity contribution in [2.75, 3.05) is 4.90 Å². The molecule has 0 unspecified atom stereocenters. The van der Waals surface area contributed by atoms with E-state index in [0.717, 1.165) is 28.3 Å². The summed E-state index contributed by atoms with van der Waals surface area (Å²) in [6.45, 7) is 5.91. The van der Waals surface area contributed by atoms with Crippen molar-refractivity contribution in [2.24, 2.45) is 0 Å². The van der Waals surface area contributed by atoms with E-state index < -0.39 is 0 Å². The number of anilines is 3. The number of hydrogen-bond donors (Lipinski definition) is 0. The molecule has 0 aliphatic rings. The molecule has 0 radical (unpaired) electrons. The van der Waals surface area contributed by atoms with E-state index in [-0.39, 0.29) is 7.13 Å². The van der Waals surface area contributed by atoms with Gasteiger partial charge in [0.2, 0.25) is 0 Å². The zero-order valence-electron chi connectivity index (χ0n) is 18.6. The Morgan fingerprint density at radius 1 is 0.688 bits per heavy atom. The summed E-state index contributed by atoms with van der Waals surface area (Å²) in [4.78, 5) is 6.56. The molecule has 0 bridgehead atoms. The zero-order chi connectivity index (χ0) is 22.3. The molecule has 0 N–H and O–H groups in total. The summed E-state index contributed by atoms with van der Waals surface area (Å²) < 4.78 is 0. The smallest absolute Gasteiger partial charge is 0.0462 e. The predicted molar refractivity (Wildman–Crippen MR) is 145 cm³/mol. The fourth-order valence-electron chi connectivity index (χ4n) is 3.53. The van der Waals surface area contributed by atoms with Crippen LogP contribution in [-0.4, -0.2) is 4.98 Å². The first kappa shape index (κ1) is 21.0. The van der Waals surface area contributed by atoms with Crippen LogP contribution < -0.4 is 4.90 Å². The second kappa shape index (κ2) is 9.69. The predicted octanol–water partition coefficient (Wildman–Crippen LogP) is 8.44. The normalized spacial score (nSPS) is 9.84. The van der Waals surface area contributed by atoms with Crippen molar-refractivity contribution in [1.29, 1.82) is 0 Å². The summed E-state index contributed by atoms with van der Waals surface area (Å²) in [5.41, 5.74) is 8.82. The van der Waals surface area contributed by atoms with E-state index >= 15 is 0 Å². The molecule has 0 atom stereocenters. The van der Waals surface area contributed by atoms with Crippen LogP contribution in [0.5, 0.6) is 0 Å². The van der Waals surface area contributed by atoms with Gasteiger partial charge in [0.1, 0.15) is 0 Å². The van der Waals surface area contributed by atoms with Crippen molar-refractivity contribution in [3.05, 3.63) is 108 Å². The van der Waals surface area contributed by atoms with Crippen LogP contribution in [0.2, 0.25) is 0 Å². The second-order valence-corrected chi connectivity index (χ2v) is 7.58. The van der Waals surface area contributed by atoms with Gasteiger partial charge in [-0.1, -0.05) is 41.7 Å². The molecule has 0 spiro atoms. The maximum absolute atomic E-state index is 4.30. The van der Waals surface area contributed by atoms with Gasteiger partial charge in [0, 0.05) is 41.6 Å². The lowest BCUT2D eigenvalue weighted by Gasteiger charge is -2.26. The summed E-state index contributed by atoms with van der Waals surface area (Å²) in [6, 6.07) is 29.7. The fourth-order valence-corrected chi connectivity index (χ4v) is 3.53. The molecule has 4 rings (SSSR count). The summed E-state index contributed by atoms with van der Waals surface area (Å²) in [5.74, 6) is 11.5. The Morgan fingerprint density at radius 2 is 1.28 bits per heavy atom. The second-order valence-electron chi connectivity index (χ2n) is 7.58. The van der Waals surface area contributed by atoms with E-state index in [4.69, 9.17) is 0 Å². The van der Waals surface area contributed by atoms with Crippen LogP contribution in [0.1, 0.15) is 30.9 Å². The molecule has 0 amide bonds. The molecule has 3 aromatic carbocycles. The molecule has 164 valence electrons. The highest BCUT2D eigenvalue weighted by Crippen LogP contribution is 2.35. The lowest BCUT2D eigenvalue weighted by molar-refractivity contribution is 1.20. The van der Waals surface area contributed by atoms with Gasteiger partial charge in [-0.05, 0) is 104 Å². The van der Waals surface area contributed by atoms with Crippen molar-refractivity contribution in [1.82, 2.24) is 4.98 Å². The molecule has 32 heavy (non-hydrogen) atoms. The van der Waals surface area contributed by atoms with Crippen LogP contribution in [0.15, 0.2) is 91.1 Å². The minimum atomic E-state index is 0. The van der Waals surface area contributed by atoms with Crippen LogP contribution in [0.4, 0.5) is 17.1 Å². The quantitative estimate of drug-likeness (QED) is 0.307. The summed E-state index contributed by atoms with van der Waals surface area (Å²) in [5, 5.41) is 0. The molecule has 4 aromatic rings. The molecule has 0 fully saturated rings. The third-order valence-corrected chi connectivity index (χ3v) is 5.17. The van der Waals surface area contributed by atoms with Crippen molar-refractivity contribution in [2.45, 2.75) is 20.8 Å². The minimum Gasteiger partial charge on any atom is -0.311 e. The van der Waals surface area contributed by atoms with Gasteiger partial charge in [0.25, 0.3) is 0 Å². The lowest BCUT2D eigenvalue weighted by atomic mass is 10.0. The van der Waals surface area contributed by atoms with Gasteiger partial charge >= 0.3 is 0 Å². The highest BCUT2D eigenvalue weighted by molar-refractivity contribution is 5.78. The van der Waals surface area contributed by atoms with Gasteiger partial charge in [-0.2, -0.15) is 0 Å². The maximum atomic E-state index is 4.30. The first-order chi connectivity index (χ1) is 15.6. The highest BCUT2D eigenvalue weighted by atomic mass is 15.1. The van der Waals surface area contributed by atoms with E-state index in [2.05, 4.69) is 107 Å². The molecular formula is C30H34N2. The van der Waals surface area contributed by atoms with Gasteiger partial charge in [-0.3, -0.25) is 4.98 Å². The number of aryl methyl sites for hydroxylation is 2. The van der Waals surface area contributed by atoms with Crippen LogP contribution in [0.25, 0.3) is 11.1 Å². The van der Waals surface area contributed by atoms with Crippen LogP contribution >= 0.6 is 0 Å². The summed E-state index contributed by atoms with van der Waals surface area (Å²) in [6.07, 6.45) is 1.85. The Hall–Kier alpha value is -4.27. The average Bonchev–Trinajstić information content (AvgIpc) is 2.82. The molecule has 2 heteroatoms. The topological polar surface area (TPSA) is 16.1 Å². The van der Waals surface area contributed by atoms with Crippen molar-refractivity contribution in [3.8, 4) is 34.8 Å². The van der Waals surface area contributed by atoms with Gasteiger partial charge in [0.15, 0.2) is 0 Å². The largest absolute Gasteiger partial charge is 0.311 e. The Bertz CT molecular complexity index is 1350. The van der Waals surface area contributed by atoms with Gasteiger partial charge in [0.05, 0.1) is 0 Å².